The Kier molecular flexibility index (Phi) is 5.73. The van der Waals surface area contributed by atoms with Gasteiger partial charge in [-0.25, -0.2) is 4.39 Å². The molecule has 0 bridgehead atoms. The number of carboxylic acid groups (broad SMARTS) is 1. The number of anilines is 1. The normalized spacial score (nSPS) is 10.1. The summed E-state index contributed by atoms with van der Waals surface area (Å²) in [5, 5.41) is 11.0. The third kappa shape index (κ3) is 4.98. The first kappa shape index (κ1) is 17.3. The van der Waals surface area contributed by atoms with Crippen LogP contribution in [0.4, 0.5) is 10.1 Å². The van der Waals surface area contributed by atoms with Crippen molar-refractivity contribution in [2.45, 2.75) is 13.0 Å². The van der Waals surface area contributed by atoms with E-state index >= 15 is 0 Å². The molecule has 0 aliphatic carbocycles. The summed E-state index contributed by atoms with van der Waals surface area (Å²) in [5.74, 6) is -1.43. The highest BCUT2D eigenvalue weighted by Gasteiger charge is 2.11. The monoisotopic (exact) mass is 333 g/mol. The van der Waals surface area contributed by atoms with Gasteiger partial charge in [0.05, 0.1) is 7.11 Å². The quantitative estimate of drug-likeness (QED) is 0.761. The van der Waals surface area contributed by atoms with Crippen LogP contribution in [0.1, 0.15) is 12.0 Å². The van der Waals surface area contributed by atoms with E-state index in [-0.39, 0.29) is 12.4 Å². The number of carbonyl (C=O) groups excluding carboxylic acids is 1. The number of hydrogen-bond acceptors (Lipinski definition) is 4. The van der Waals surface area contributed by atoms with E-state index in [1.165, 1.54) is 25.3 Å². The lowest BCUT2D eigenvalue weighted by Crippen LogP contribution is -2.15. The fraction of sp³-hybridized carbons (Fsp3) is 0.176. The van der Waals surface area contributed by atoms with E-state index in [1.807, 2.05) is 0 Å². The van der Waals surface area contributed by atoms with Crippen molar-refractivity contribution in [2.24, 2.45) is 0 Å². The molecule has 2 aromatic carbocycles. The van der Waals surface area contributed by atoms with Crippen molar-refractivity contribution in [3.63, 3.8) is 0 Å². The van der Waals surface area contributed by atoms with Crippen molar-refractivity contribution < 1.29 is 28.6 Å². The molecule has 0 saturated carbocycles. The predicted molar refractivity (Wildman–Crippen MR) is 84.6 cm³/mol. The zero-order chi connectivity index (χ0) is 17.5. The second-order valence-corrected chi connectivity index (χ2v) is 4.90. The summed E-state index contributed by atoms with van der Waals surface area (Å²) in [6.45, 7) is 0.152. The zero-order valence-corrected chi connectivity index (χ0v) is 12.9. The maximum Gasteiger partial charge on any atom is 0.312 e. The Bertz CT molecular complexity index is 748. The number of carboxylic acids is 1. The highest BCUT2D eigenvalue weighted by Crippen LogP contribution is 2.31. The summed E-state index contributed by atoms with van der Waals surface area (Å²) in [6.07, 6.45) is -0.625. The Morgan fingerprint density at radius 2 is 1.96 bits per heavy atom. The number of carbonyl (C=O) groups is 2. The molecule has 0 unspecified atom stereocenters. The molecule has 1 amide bonds. The lowest BCUT2D eigenvalue weighted by molar-refractivity contribution is -0.139. The maximum atomic E-state index is 13.1. The second-order valence-electron chi connectivity index (χ2n) is 4.90. The molecule has 2 rings (SSSR count). The van der Waals surface area contributed by atoms with E-state index in [1.54, 1.807) is 24.3 Å². The minimum absolute atomic E-state index is 0.152. The van der Waals surface area contributed by atoms with E-state index in [0.29, 0.717) is 22.7 Å². The zero-order valence-electron chi connectivity index (χ0n) is 12.9. The fourth-order valence-corrected chi connectivity index (χ4v) is 1.99. The van der Waals surface area contributed by atoms with Gasteiger partial charge in [-0.2, -0.15) is 0 Å². The van der Waals surface area contributed by atoms with Gasteiger partial charge in [-0.15, -0.1) is 0 Å². The minimum atomic E-state index is -1.21. The van der Waals surface area contributed by atoms with Crippen LogP contribution in [-0.2, 0) is 16.2 Å². The van der Waals surface area contributed by atoms with Gasteiger partial charge < -0.3 is 19.9 Å². The van der Waals surface area contributed by atoms with Gasteiger partial charge in [0.2, 0.25) is 5.91 Å². The summed E-state index contributed by atoms with van der Waals surface area (Å²) in [6, 6.07) is 10.7. The van der Waals surface area contributed by atoms with Crippen LogP contribution >= 0.6 is 0 Å². The number of benzene rings is 2. The molecular weight excluding hydrogens is 317 g/mol. The van der Waals surface area contributed by atoms with Crippen LogP contribution in [0.15, 0.2) is 42.5 Å². The summed E-state index contributed by atoms with van der Waals surface area (Å²) in [4.78, 5) is 21.9. The Morgan fingerprint density at radius 1 is 1.17 bits per heavy atom. The van der Waals surface area contributed by atoms with Gasteiger partial charge in [0.1, 0.15) is 18.8 Å². The highest BCUT2D eigenvalue weighted by molar-refractivity contribution is 6.01. The molecule has 0 fully saturated rings. The van der Waals surface area contributed by atoms with Crippen molar-refractivity contribution in [3.05, 3.63) is 53.8 Å². The first-order chi connectivity index (χ1) is 11.5. The molecule has 2 N–H and O–H groups in total. The molecule has 0 heterocycles. The van der Waals surface area contributed by atoms with Crippen molar-refractivity contribution in [2.75, 3.05) is 12.4 Å². The summed E-state index contributed by atoms with van der Waals surface area (Å²) >= 11 is 0. The number of amides is 1. The van der Waals surface area contributed by atoms with Gasteiger partial charge in [0, 0.05) is 11.8 Å². The molecule has 2 aromatic rings. The van der Waals surface area contributed by atoms with Crippen LogP contribution in [0.3, 0.4) is 0 Å². The molecule has 0 spiro atoms. The number of aliphatic carboxylic acids is 1. The lowest BCUT2D eigenvalue weighted by Gasteiger charge is -2.13. The minimum Gasteiger partial charge on any atom is -0.493 e. The number of methoxy groups -OCH3 is 1. The van der Waals surface area contributed by atoms with Gasteiger partial charge in [0.25, 0.3) is 0 Å². The van der Waals surface area contributed by atoms with E-state index in [9.17, 15) is 14.0 Å². The molecule has 7 heteroatoms. The van der Waals surface area contributed by atoms with E-state index in [4.69, 9.17) is 14.6 Å². The molecule has 0 radical (unpaired) electrons. The Hall–Kier alpha value is -3.09. The number of nitrogens with one attached hydrogen (secondary N) is 1. The van der Waals surface area contributed by atoms with E-state index in [2.05, 4.69) is 5.32 Å². The molecule has 0 saturated heterocycles. The SMILES string of the molecule is COc1cc(NC(=O)CC(=O)O)ccc1OCc1cccc(F)c1. The Balaban J connectivity index is 2.05. The van der Waals surface area contributed by atoms with Gasteiger partial charge in [0.15, 0.2) is 11.5 Å². The summed E-state index contributed by atoms with van der Waals surface area (Å²) < 4.78 is 23.9. The van der Waals surface area contributed by atoms with Crippen LogP contribution in [0.5, 0.6) is 11.5 Å². The van der Waals surface area contributed by atoms with Crippen LogP contribution in [-0.4, -0.2) is 24.1 Å². The lowest BCUT2D eigenvalue weighted by atomic mass is 10.2. The Morgan fingerprint density at radius 3 is 2.62 bits per heavy atom. The van der Waals surface area contributed by atoms with Gasteiger partial charge in [-0.05, 0) is 29.8 Å². The number of ether oxygens (including phenoxy) is 2. The van der Waals surface area contributed by atoms with Crippen LogP contribution < -0.4 is 14.8 Å². The van der Waals surface area contributed by atoms with E-state index < -0.39 is 18.3 Å². The molecular formula is C17H16FNO5. The third-order valence-corrected chi connectivity index (χ3v) is 3.04. The second kappa shape index (κ2) is 7.96. The number of halogens is 1. The molecule has 0 aliphatic rings. The van der Waals surface area contributed by atoms with E-state index in [0.717, 1.165) is 0 Å². The predicted octanol–water partition coefficient (Wildman–Crippen LogP) is 2.83. The number of rotatable bonds is 7. The average Bonchev–Trinajstić information content (AvgIpc) is 2.52. The topological polar surface area (TPSA) is 84.9 Å². The molecule has 0 aliphatic heterocycles. The van der Waals surface area contributed by atoms with Crippen LogP contribution in [0.2, 0.25) is 0 Å². The Labute approximate surface area is 137 Å². The summed E-state index contributed by atoms with van der Waals surface area (Å²) in [7, 11) is 1.44. The van der Waals surface area contributed by atoms with Crippen LogP contribution in [0, 0.1) is 5.82 Å². The molecule has 6 nitrogen and oxygen atoms in total. The summed E-state index contributed by atoms with van der Waals surface area (Å²) in [5.41, 5.74) is 1.05. The van der Waals surface area contributed by atoms with Crippen molar-refractivity contribution in [3.8, 4) is 11.5 Å². The van der Waals surface area contributed by atoms with Crippen molar-refractivity contribution >= 4 is 17.6 Å². The van der Waals surface area contributed by atoms with Gasteiger partial charge in [-0.1, -0.05) is 12.1 Å². The number of hydrogen-bond donors (Lipinski definition) is 2. The molecule has 0 aromatic heterocycles. The highest BCUT2D eigenvalue weighted by atomic mass is 19.1. The standard InChI is InChI=1S/C17H16FNO5/c1-23-15-8-13(19-16(20)9-17(21)22)5-6-14(15)24-10-11-3-2-4-12(18)7-11/h2-8H,9-10H2,1H3,(H,19,20)(H,21,22). The molecule has 126 valence electrons. The first-order valence-corrected chi connectivity index (χ1v) is 7.05. The van der Waals surface area contributed by atoms with Gasteiger partial charge >= 0.3 is 5.97 Å². The fourth-order valence-electron chi connectivity index (χ4n) is 1.99. The first-order valence-electron chi connectivity index (χ1n) is 7.05. The molecule has 0 atom stereocenters. The average molecular weight is 333 g/mol. The van der Waals surface area contributed by atoms with Crippen molar-refractivity contribution in [1.29, 1.82) is 0 Å². The largest absolute Gasteiger partial charge is 0.493 e. The third-order valence-electron chi connectivity index (χ3n) is 3.04. The van der Waals surface area contributed by atoms with Gasteiger partial charge in [-0.3, -0.25) is 9.59 Å². The smallest absolute Gasteiger partial charge is 0.312 e. The maximum absolute atomic E-state index is 13.1. The molecule has 24 heavy (non-hydrogen) atoms. The van der Waals surface area contributed by atoms with Crippen molar-refractivity contribution in [1.82, 2.24) is 0 Å². The van der Waals surface area contributed by atoms with Crippen LogP contribution in [0.25, 0.3) is 0 Å².